The third kappa shape index (κ3) is 7.04. The molecule has 1 aromatic rings. The van der Waals surface area contributed by atoms with Gasteiger partial charge in [-0.1, -0.05) is 46.4 Å². The molecular weight excluding hydrogens is 358 g/mol. The van der Waals surface area contributed by atoms with Crippen molar-refractivity contribution in [2.24, 2.45) is 0 Å². The van der Waals surface area contributed by atoms with Crippen molar-refractivity contribution in [1.82, 2.24) is 5.32 Å². The monoisotopic (exact) mass is 373 g/mol. The van der Waals surface area contributed by atoms with E-state index in [4.69, 9.17) is 51.1 Å². The highest BCUT2D eigenvalue weighted by Gasteiger charge is 2.37. The minimum absolute atomic E-state index is 0.328. The van der Waals surface area contributed by atoms with Crippen molar-refractivity contribution in [3.05, 3.63) is 34.9 Å². The zero-order chi connectivity index (χ0) is 15.9. The van der Waals surface area contributed by atoms with E-state index in [-0.39, 0.29) is 5.91 Å². The minimum Gasteiger partial charge on any atom is -0.384 e. The molecule has 1 amide bonds. The molecule has 0 aliphatic heterocycles. The molecule has 0 heterocycles. The predicted molar refractivity (Wildman–Crippen MR) is 86.3 cm³/mol. The maximum absolute atomic E-state index is 12.1. The number of halogens is 4. The molecule has 118 valence electrons. The van der Waals surface area contributed by atoms with Gasteiger partial charge in [-0.25, -0.2) is 0 Å². The van der Waals surface area contributed by atoms with E-state index in [1.54, 1.807) is 36.7 Å². The summed E-state index contributed by atoms with van der Waals surface area (Å²) in [5.41, 5.74) is 0.448. The zero-order valence-corrected chi connectivity index (χ0v) is 14.4. The Kier molecular flexibility index (Phi) is 8.09. The third-order valence-electron chi connectivity index (χ3n) is 2.70. The Balaban J connectivity index is 2.63. The molecule has 21 heavy (non-hydrogen) atoms. The highest BCUT2D eigenvalue weighted by Crippen LogP contribution is 2.27. The summed E-state index contributed by atoms with van der Waals surface area (Å²) in [6, 6.07) is 6.47. The van der Waals surface area contributed by atoms with Gasteiger partial charge in [-0.3, -0.25) is 10.1 Å². The Labute approximate surface area is 144 Å². The average molecular weight is 375 g/mol. The van der Waals surface area contributed by atoms with Crippen LogP contribution in [0.3, 0.4) is 0 Å². The number of hydrogen-bond donors (Lipinski definition) is 2. The standard InChI is InChI=1S/C13H16Cl4N2O2/c1-21-8-2-7-18-12(13(15,16)17)19-11(20)9-3-5-10(14)6-4-9/h3-6,12,18H,2,7-8H2,1H3,(H,19,20)/p+1/t12-/m1/s1. The smallest absolute Gasteiger partial charge is 0.262 e. The number of amides is 1. The van der Waals surface area contributed by atoms with Gasteiger partial charge in [0.05, 0.1) is 13.2 Å². The van der Waals surface area contributed by atoms with Crippen LogP contribution in [0.1, 0.15) is 16.8 Å². The van der Waals surface area contributed by atoms with Gasteiger partial charge in [-0.05, 0) is 24.3 Å². The highest BCUT2D eigenvalue weighted by atomic mass is 35.6. The Morgan fingerprint density at radius 2 is 1.95 bits per heavy atom. The van der Waals surface area contributed by atoms with Gasteiger partial charge >= 0.3 is 0 Å². The molecule has 1 rings (SSSR count). The number of carbonyl (C=O) groups is 1. The normalized spacial score (nSPS) is 13.0. The van der Waals surface area contributed by atoms with E-state index >= 15 is 0 Å². The summed E-state index contributed by atoms with van der Waals surface area (Å²) < 4.78 is 3.34. The van der Waals surface area contributed by atoms with Gasteiger partial charge < -0.3 is 10.1 Å². The van der Waals surface area contributed by atoms with E-state index in [1.165, 1.54) is 0 Å². The summed E-state index contributed by atoms with van der Waals surface area (Å²) in [5.74, 6) is -0.328. The van der Waals surface area contributed by atoms with Gasteiger partial charge in [0.2, 0.25) is 6.17 Å². The molecule has 0 fully saturated rings. The van der Waals surface area contributed by atoms with Crippen LogP contribution in [-0.4, -0.2) is 36.1 Å². The molecule has 0 saturated carbocycles. The lowest BCUT2D eigenvalue weighted by molar-refractivity contribution is -0.692. The topological polar surface area (TPSA) is 54.9 Å². The van der Waals surface area contributed by atoms with Crippen molar-refractivity contribution < 1.29 is 14.8 Å². The second-order valence-electron chi connectivity index (χ2n) is 4.37. The van der Waals surface area contributed by atoms with Crippen molar-refractivity contribution in [2.45, 2.75) is 16.4 Å². The van der Waals surface area contributed by atoms with Crippen molar-refractivity contribution >= 4 is 52.3 Å². The van der Waals surface area contributed by atoms with Crippen LogP contribution >= 0.6 is 46.4 Å². The number of nitrogens with two attached hydrogens (primary N) is 1. The third-order valence-corrected chi connectivity index (χ3v) is 3.66. The fraction of sp³-hybridized carbons (Fsp3) is 0.462. The first-order chi connectivity index (χ1) is 9.84. The van der Waals surface area contributed by atoms with Crippen LogP contribution in [0.25, 0.3) is 0 Å². The average Bonchev–Trinajstić information content (AvgIpc) is 2.41. The summed E-state index contributed by atoms with van der Waals surface area (Å²) in [4.78, 5) is 12.1. The SMILES string of the molecule is COCCC[NH2+][C@H](NC(=O)c1ccc(Cl)cc1)C(Cl)(Cl)Cl. The van der Waals surface area contributed by atoms with Crippen LogP contribution in [0, 0.1) is 0 Å². The number of methoxy groups -OCH3 is 1. The van der Waals surface area contributed by atoms with E-state index in [0.29, 0.717) is 23.7 Å². The second kappa shape index (κ2) is 9.03. The number of ether oxygens (including phenoxy) is 1. The number of alkyl halides is 3. The zero-order valence-electron chi connectivity index (χ0n) is 11.4. The number of benzene rings is 1. The van der Waals surface area contributed by atoms with Gasteiger partial charge in [0.25, 0.3) is 9.70 Å². The van der Waals surface area contributed by atoms with Gasteiger partial charge in [0.1, 0.15) is 0 Å². The number of rotatable bonds is 7. The van der Waals surface area contributed by atoms with Gasteiger partial charge in [-0.2, -0.15) is 0 Å². The Bertz CT molecular complexity index is 448. The molecular formula is C13H17Cl4N2O2+. The van der Waals surface area contributed by atoms with Gasteiger partial charge in [0.15, 0.2) is 0 Å². The molecule has 1 atom stereocenters. The van der Waals surface area contributed by atoms with E-state index in [1.807, 2.05) is 0 Å². The largest absolute Gasteiger partial charge is 0.384 e. The fourth-order valence-electron chi connectivity index (χ4n) is 1.61. The first-order valence-corrected chi connectivity index (χ1v) is 7.81. The fourth-order valence-corrected chi connectivity index (χ4v) is 2.17. The van der Waals surface area contributed by atoms with Crippen molar-refractivity contribution in [3.8, 4) is 0 Å². The Morgan fingerprint density at radius 1 is 1.33 bits per heavy atom. The first kappa shape index (κ1) is 18.8. The molecule has 8 heteroatoms. The predicted octanol–water partition coefficient (Wildman–Crippen LogP) is 2.37. The molecule has 0 bridgehead atoms. The number of carbonyl (C=O) groups excluding carboxylic acids is 1. The Morgan fingerprint density at radius 3 is 2.48 bits per heavy atom. The molecule has 4 nitrogen and oxygen atoms in total. The molecule has 1 aromatic carbocycles. The van der Waals surface area contributed by atoms with Crippen molar-refractivity contribution in [3.63, 3.8) is 0 Å². The van der Waals surface area contributed by atoms with Gasteiger partial charge in [0, 0.05) is 24.1 Å². The maximum Gasteiger partial charge on any atom is 0.262 e. The van der Waals surface area contributed by atoms with Crippen molar-refractivity contribution in [1.29, 1.82) is 0 Å². The summed E-state index contributed by atoms with van der Waals surface area (Å²) in [6.07, 6.45) is 0.0902. The van der Waals surface area contributed by atoms with E-state index in [9.17, 15) is 4.79 Å². The van der Waals surface area contributed by atoms with Crippen LogP contribution in [-0.2, 0) is 4.74 Å². The van der Waals surface area contributed by atoms with Crippen LogP contribution in [0.5, 0.6) is 0 Å². The summed E-state index contributed by atoms with van der Waals surface area (Å²) in [5, 5.41) is 5.01. The van der Waals surface area contributed by atoms with Crippen LogP contribution in [0.15, 0.2) is 24.3 Å². The number of hydrogen-bond acceptors (Lipinski definition) is 2. The van der Waals surface area contributed by atoms with Crippen LogP contribution in [0.2, 0.25) is 5.02 Å². The molecule has 0 unspecified atom stereocenters. The summed E-state index contributed by atoms with van der Waals surface area (Å²) in [6.45, 7) is 1.27. The lowest BCUT2D eigenvalue weighted by atomic mass is 10.2. The molecule has 0 aliphatic carbocycles. The number of quaternary nitrogens is 1. The molecule has 0 spiro atoms. The van der Waals surface area contributed by atoms with E-state index in [2.05, 4.69) is 5.32 Å². The van der Waals surface area contributed by atoms with Crippen molar-refractivity contribution in [2.75, 3.05) is 20.3 Å². The quantitative estimate of drug-likeness (QED) is 0.437. The second-order valence-corrected chi connectivity index (χ2v) is 7.18. The molecule has 0 radical (unpaired) electrons. The maximum atomic E-state index is 12.1. The van der Waals surface area contributed by atoms with E-state index < -0.39 is 9.96 Å². The number of nitrogens with one attached hydrogen (secondary N) is 1. The molecule has 0 aliphatic rings. The van der Waals surface area contributed by atoms with E-state index in [0.717, 1.165) is 6.42 Å². The van der Waals surface area contributed by atoms with Gasteiger partial charge in [-0.15, -0.1) is 0 Å². The summed E-state index contributed by atoms with van der Waals surface area (Å²) in [7, 11) is 1.62. The first-order valence-electron chi connectivity index (χ1n) is 6.30. The summed E-state index contributed by atoms with van der Waals surface area (Å²) >= 11 is 23.5. The Hall–Kier alpha value is -0.230. The highest BCUT2D eigenvalue weighted by molar-refractivity contribution is 6.68. The molecule has 0 saturated heterocycles. The lowest BCUT2D eigenvalue weighted by Crippen LogP contribution is -2.96. The van der Waals surface area contributed by atoms with Crippen LogP contribution < -0.4 is 10.6 Å². The molecule has 3 N–H and O–H groups in total. The minimum atomic E-state index is -1.62. The molecule has 0 aromatic heterocycles. The lowest BCUT2D eigenvalue weighted by Gasteiger charge is -2.23. The van der Waals surface area contributed by atoms with Crippen LogP contribution in [0.4, 0.5) is 0 Å².